The Kier molecular flexibility index (Phi) is 3.54. The van der Waals surface area contributed by atoms with Crippen molar-refractivity contribution in [2.45, 2.75) is 6.42 Å². The van der Waals surface area contributed by atoms with E-state index in [2.05, 4.69) is 4.36 Å². The summed E-state index contributed by atoms with van der Waals surface area (Å²) in [5.41, 5.74) is 0. The monoisotopic (exact) mass is 176 g/mol. The van der Waals surface area contributed by atoms with Gasteiger partial charge in [0.1, 0.15) is 0 Å². The number of hydrogen-bond donors (Lipinski definition) is 1. The number of aliphatic carboxylic acids is 1. The van der Waals surface area contributed by atoms with Crippen molar-refractivity contribution in [3.8, 4) is 6.19 Å². The Hall–Kier alpha value is -1.09. The summed E-state index contributed by atoms with van der Waals surface area (Å²) >= 11 is 0. The summed E-state index contributed by atoms with van der Waals surface area (Å²) in [6.07, 6.45) is 2.43. The summed E-state index contributed by atoms with van der Waals surface area (Å²) in [6.45, 7) is 0. The molecule has 0 amide bonds. The molecule has 62 valence electrons. The smallest absolute Gasteiger partial charge is 0.304 e. The third-order valence-corrected chi connectivity index (χ3v) is 2.36. The van der Waals surface area contributed by atoms with E-state index in [0.717, 1.165) is 0 Å². The molecule has 1 unspecified atom stereocenters. The van der Waals surface area contributed by atoms with Gasteiger partial charge < -0.3 is 5.11 Å². The SMILES string of the molecule is CS(=O)(CCC(=O)O)=NC#N. The number of rotatable bonds is 3. The van der Waals surface area contributed by atoms with Crippen LogP contribution >= 0.6 is 0 Å². The lowest BCUT2D eigenvalue weighted by Crippen LogP contribution is -2.07. The van der Waals surface area contributed by atoms with Crippen molar-refractivity contribution >= 4 is 15.7 Å². The second-order valence-corrected chi connectivity index (χ2v) is 4.51. The van der Waals surface area contributed by atoms with Gasteiger partial charge in [-0.05, 0) is 0 Å². The molecule has 5 nitrogen and oxygen atoms in total. The van der Waals surface area contributed by atoms with Crippen molar-refractivity contribution in [1.82, 2.24) is 0 Å². The number of carboxylic acid groups (broad SMARTS) is 1. The molecule has 0 aliphatic rings. The van der Waals surface area contributed by atoms with Crippen LogP contribution < -0.4 is 0 Å². The molecule has 1 atom stereocenters. The average Bonchev–Trinajstić information content (AvgIpc) is 1.84. The van der Waals surface area contributed by atoms with Crippen molar-refractivity contribution in [3.63, 3.8) is 0 Å². The number of nitrogens with zero attached hydrogens (tertiary/aromatic N) is 2. The molecular formula is C5H8N2O3S. The molecule has 0 aromatic rings. The average molecular weight is 176 g/mol. The van der Waals surface area contributed by atoms with Gasteiger partial charge in [-0.25, -0.2) is 4.21 Å². The third kappa shape index (κ3) is 5.36. The van der Waals surface area contributed by atoms with Crippen LogP contribution in [0.4, 0.5) is 0 Å². The van der Waals surface area contributed by atoms with Gasteiger partial charge in [0.15, 0.2) is 0 Å². The molecule has 0 aromatic carbocycles. The molecule has 0 aromatic heterocycles. The summed E-state index contributed by atoms with van der Waals surface area (Å²) in [4.78, 5) is 10.0. The Morgan fingerprint density at radius 2 is 2.36 bits per heavy atom. The van der Waals surface area contributed by atoms with Gasteiger partial charge in [-0.15, -0.1) is 4.36 Å². The fourth-order valence-electron chi connectivity index (χ4n) is 0.409. The van der Waals surface area contributed by atoms with Crippen LogP contribution in [-0.2, 0) is 14.5 Å². The molecule has 0 heterocycles. The molecule has 11 heavy (non-hydrogen) atoms. The maximum absolute atomic E-state index is 11.0. The molecule has 0 aliphatic carbocycles. The van der Waals surface area contributed by atoms with E-state index in [4.69, 9.17) is 10.4 Å². The molecule has 1 N–H and O–H groups in total. The van der Waals surface area contributed by atoms with E-state index in [1.165, 1.54) is 12.4 Å². The fraction of sp³-hybridized carbons (Fsp3) is 0.600. The normalized spacial score (nSPS) is 14.5. The van der Waals surface area contributed by atoms with Gasteiger partial charge in [0, 0.05) is 12.0 Å². The minimum Gasteiger partial charge on any atom is -0.481 e. The Labute approximate surface area is 64.8 Å². The second kappa shape index (κ2) is 3.93. The highest BCUT2D eigenvalue weighted by atomic mass is 32.2. The van der Waals surface area contributed by atoms with Gasteiger partial charge >= 0.3 is 5.97 Å². The van der Waals surface area contributed by atoms with Crippen LogP contribution in [0.5, 0.6) is 0 Å². The van der Waals surface area contributed by atoms with Crippen LogP contribution in [0.15, 0.2) is 4.36 Å². The predicted molar refractivity (Wildman–Crippen MR) is 39.2 cm³/mol. The van der Waals surface area contributed by atoms with Crippen LogP contribution in [0.2, 0.25) is 0 Å². The zero-order chi connectivity index (χ0) is 8.91. The molecule has 6 heteroatoms. The molecule has 0 aliphatic heterocycles. The summed E-state index contributed by atoms with van der Waals surface area (Å²) < 4.78 is 14.1. The molecule has 0 saturated heterocycles. The van der Waals surface area contributed by atoms with Gasteiger partial charge in [0.25, 0.3) is 0 Å². The lowest BCUT2D eigenvalue weighted by atomic mass is 10.5. The van der Waals surface area contributed by atoms with Crippen molar-refractivity contribution in [3.05, 3.63) is 0 Å². The second-order valence-electron chi connectivity index (χ2n) is 2.00. The van der Waals surface area contributed by atoms with Crippen LogP contribution in [0, 0.1) is 11.5 Å². The number of nitriles is 1. The Morgan fingerprint density at radius 1 is 1.82 bits per heavy atom. The Morgan fingerprint density at radius 3 is 2.73 bits per heavy atom. The number of carbonyl (C=O) groups is 1. The third-order valence-electron chi connectivity index (χ3n) is 0.929. The standard InChI is InChI=1S/C5H8N2O3S/c1-11(10,7-4-6)3-2-5(8)9/h2-3H2,1H3,(H,8,9). The largest absolute Gasteiger partial charge is 0.481 e. The molecule has 0 radical (unpaired) electrons. The highest BCUT2D eigenvalue weighted by Crippen LogP contribution is 1.93. The maximum Gasteiger partial charge on any atom is 0.304 e. The zero-order valence-corrected chi connectivity index (χ0v) is 6.80. The van der Waals surface area contributed by atoms with E-state index < -0.39 is 15.7 Å². The minimum absolute atomic E-state index is 0.0735. The van der Waals surface area contributed by atoms with E-state index in [0.29, 0.717) is 0 Å². The fourth-order valence-corrected chi connectivity index (χ4v) is 1.23. The van der Waals surface area contributed by atoms with Crippen LogP contribution in [0.25, 0.3) is 0 Å². The van der Waals surface area contributed by atoms with Gasteiger partial charge in [-0.3, -0.25) is 4.79 Å². The molecule has 0 fully saturated rings. The first kappa shape index (κ1) is 9.91. The highest BCUT2D eigenvalue weighted by molar-refractivity contribution is 7.93. The first-order valence-electron chi connectivity index (χ1n) is 2.77. The van der Waals surface area contributed by atoms with Crippen LogP contribution in [-0.4, -0.2) is 27.3 Å². The summed E-state index contributed by atoms with van der Waals surface area (Å²) in [5.74, 6) is -1.11. The van der Waals surface area contributed by atoms with Crippen molar-refractivity contribution in [1.29, 1.82) is 5.26 Å². The van der Waals surface area contributed by atoms with Gasteiger partial charge in [-0.2, -0.15) is 5.26 Å². The van der Waals surface area contributed by atoms with E-state index >= 15 is 0 Å². The van der Waals surface area contributed by atoms with E-state index in [-0.39, 0.29) is 12.2 Å². The van der Waals surface area contributed by atoms with Crippen molar-refractivity contribution in [2.24, 2.45) is 4.36 Å². The maximum atomic E-state index is 11.0. The summed E-state index contributed by atoms with van der Waals surface area (Å²) in [5, 5.41) is 16.2. The lowest BCUT2D eigenvalue weighted by molar-refractivity contribution is -0.136. The predicted octanol–water partition coefficient (Wildman–Crippen LogP) is 0.0400. The number of carboxylic acids is 1. The molecule has 0 bridgehead atoms. The van der Waals surface area contributed by atoms with E-state index in [1.807, 2.05) is 0 Å². The molecule has 0 saturated carbocycles. The Balaban J connectivity index is 4.18. The minimum atomic E-state index is -2.59. The first-order chi connectivity index (χ1) is 4.98. The van der Waals surface area contributed by atoms with E-state index in [1.54, 1.807) is 0 Å². The van der Waals surface area contributed by atoms with Crippen molar-refractivity contribution in [2.75, 3.05) is 12.0 Å². The highest BCUT2D eigenvalue weighted by Gasteiger charge is 2.04. The lowest BCUT2D eigenvalue weighted by Gasteiger charge is -1.95. The van der Waals surface area contributed by atoms with Gasteiger partial charge in [0.2, 0.25) is 6.19 Å². The van der Waals surface area contributed by atoms with Gasteiger partial charge in [-0.1, -0.05) is 0 Å². The van der Waals surface area contributed by atoms with Crippen molar-refractivity contribution < 1.29 is 14.1 Å². The van der Waals surface area contributed by atoms with E-state index in [9.17, 15) is 9.00 Å². The topological polar surface area (TPSA) is 90.5 Å². The number of hydrogen-bond acceptors (Lipinski definition) is 4. The summed E-state index contributed by atoms with van der Waals surface area (Å²) in [6, 6.07) is 0. The molecular weight excluding hydrogens is 168 g/mol. The molecule has 0 spiro atoms. The zero-order valence-electron chi connectivity index (χ0n) is 5.98. The van der Waals surface area contributed by atoms with Crippen LogP contribution in [0.1, 0.15) is 6.42 Å². The van der Waals surface area contributed by atoms with Crippen LogP contribution in [0.3, 0.4) is 0 Å². The Bertz CT molecular complexity index is 295. The quantitative estimate of drug-likeness (QED) is 0.614. The first-order valence-corrected chi connectivity index (χ1v) is 4.87. The summed E-state index contributed by atoms with van der Waals surface area (Å²) in [7, 11) is -2.59. The van der Waals surface area contributed by atoms with Gasteiger partial charge in [0.05, 0.1) is 16.1 Å². The molecule has 0 rings (SSSR count).